The van der Waals surface area contributed by atoms with E-state index in [0.29, 0.717) is 6.42 Å². The summed E-state index contributed by atoms with van der Waals surface area (Å²) >= 11 is 0. The molecule has 0 unspecified atom stereocenters. The summed E-state index contributed by atoms with van der Waals surface area (Å²) in [6, 6.07) is 1.91. The summed E-state index contributed by atoms with van der Waals surface area (Å²) in [5, 5.41) is 0. The standard InChI is InChI=1S/C12H14O3/c1-7(13)4-10-5-11-12(15-6-14-11)9(3)8(10)2/h5H,4,6H2,1-3H3. The lowest BCUT2D eigenvalue weighted by molar-refractivity contribution is -0.116. The Bertz CT molecular complexity index is 421. The van der Waals surface area contributed by atoms with Crippen molar-refractivity contribution in [1.29, 1.82) is 0 Å². The van der Waals surface area contributed by atoms with Gasteiger partial charge in [0, 0.05) is 6.42 Å². The van der Waals surface area contributed by atoms with Crippen LogP contribution in [0.3, 0.4) is 0 Å². The highest BCUT2D eigenvalue weighted by atomic mass is 16.7. The highest BCUT2D eigenvalue weighted by Crippen LogP contribution is 2.38. The van der Waals surface area contributed by atoms with Crippen molar-refractivity contribution in [3.05, 3.63) is 22.8 Å². The third kappa shape index (κ3) is 1.69. The molecule has 0 aliphatic carbocycles. The molecule has 1 aromatic rings. The lowest BCUT2D eigenvalue weighted by atomic mass is 9.98. The number of hydrogen-bond donors (Lipinski definition) is 0. The van der Waals surface area contributed by atoms with Crippen LogP contribution in [0.5, 0.6) is 11.5 Å². The molecule has 1 aliphatic rings. The summed E-state index contributed by atoms with van der Waals surface area (Å²) in [6.45, 7) is 5.88. The van der Waals surface area contributed by atoms with Gasteiger partial charge < -0.3 is 9.47 Å². The first kappa shape index (κ1) is 10.0. The fourth-order valence-corrected chi connectivity index (χ4v) is 1.82. The van der Waals surface area contributed by atoms with E-state index in [2.05, 4.69) is 0 Å². The minimum Gasteiger partial charge on any atom is -0.454 e. The number of fused-ring (bicyclic) bond motifs is 1. The maximum Gasteiger partial charge on any atom is 0.231 e. The van der Waals surface area contributed by atoms with Crippen molar-refractivity contribution in [2.75, 3.05) is 6.79 Å². The topological polar surface area (TPSA) is 35.5 Å². The molecule has 0 spiro atoms. The zero-order valence-corrected chi connectivity index (χ0v) is 9.22. The molecule has 1 aliphatic heterocycles. The Morgan fingerprint density at radius 1 is 1.33 bits per heavy atom. The summed E-state index contributed by atoms with van der Waals surface area (Å²) in [5.41, 5.74) is 3.22. The van der Waals surface area contributed by atoms with Gasteiger partial charge >= 0.3 is 0 Å². The normalized spacial score (nSPS) is 13.0. The van der Waals surface area contributed by atoms with Gasteiger partial charge in [0.2, 0.25) is 6.79 Å². The van der Waals surface area contributed by atoms with Crippen molar-refractivity contribution >= 4 is 5.78 Å². The zero-order chi connectivity index (χ0) is 11.0. The van der Waals surface area contributed by atoms with Crippen molar-refractivity contribution in [3.63, 3.8) is 0 Å². The van der Waals surface area contributed by atoms with Crippen LogP contribution in [0.25, 0.3) is 0 Å². The number of hydrogen-bond acceptors (Lipinski definition) is 3. The van der Waals surface area contributed by atoms with Crippen molar-refractivity contribution in [2.45, 2.75) is 27.2 Å². The zero-order valence-electron chi connectivity index (χ0n) is 9.22. The SMILES string of the molecule is CC(=O)Cc1cc2c(c(C)c1C)OCO2. The molecule has 2 rings (SSSR count). The second-order valence-corrected chi connectivity index (χ2v) is 3.90. The molecular formula is C12H14O3. The molecule has 80 valence electrons. The van der Waals surface area contributed by atoms with Gasteiger partial charge in [-0.1, -0.05) is 0 Å². The third-order valence-corrected chi connectivity index (χ3v) is 2.77. The van der Waals surface area contributed by atoms with E-state index in [-0.39, 0.29) is 12.6 Å². The van der Waals surface area contributed by atoms with E-state index in [0.717, 1.165) is 28.2 Å². The molecular weight excluding hydrogens is 192 g/mol. The van der Waals surface area contributed by atoms with Crippen LogP contribution in [0, 0.1) is 13.8 Å². The van der Waals surface area contributed by atoms with Crippen LogP contribution in [0.1, 0.15) is 23.6 Å². The van der Waals surface area contributed by atoms with Crippen molar-refractivity contribution < 1.29 is 14.3 Å². The molecule has 0 amide bonds. The molecule has 0 saturated heterocycles. The summed E-state index contributed by atoms with van der Waals surface area (Å²) in [6.07, 6.45) is 0.462. The monoisotopic (exact) mass is 206 g/mol. The summed E-state index contributed by atoms with van der Waals surface area (Å²) in [4.78, 5) is 11.1. The Balaban J connectivity index is 2.49. The molecule has 15 heavy (non-hydrogen) atoms. The Morgan fingerprint density at radius 3 is 2.73 bits per heavy atom. The number of carbonyl (C=O) groups excluding carboxylic acids is 1. The number of carbonyl (C=O) groups is 1. The number of ether oxygens (including phenoxy) is 2. The quantitative estimate of drug-likeness (QED) is 0.743. The second kappa shape index (κ2) is 3.57. The molecule has 0 radical (unpaired) electrons. The van der Waals surface area contributed by atoms with E-state index in [1.54, 1.807) is 6.92 Å². The maximum absolute atomic E-state index is 11.1. The molecule has 0 N–H and O–H groups in total. The van der Waals surface area contributed by atoms with Crippen molar-refractivity contribution in [1.82, 2.24) is 0 Å². The smallest absolute Gasteiger partial charge is 0.231 e. The van der Waals surface area contributed by atoms with Gasteiger partial charge in [-0.2, -0.15) is 0 Å². The van der Waals surface area contributed by atoms with E-state index in [1.807, 2.05) is 19.9 Å². The van der Waals surface area contributed by atoms with Crippen LogP contribution in [0.15, 0.2) is 6.07 Å². The van der Waals surface area contributed by atoms with Gasteiger partial charge in [0.05, 0.1) is 0 Å². The molecule has 0 atom stereocenters. The van der Waals surface area contributed by atoms with Crippen LogP contribution >= 0.6 is 0 Å². The van der Waals surface area contributed by atoms with Gasteiger partial charge in [0.1, 0.15) is 5.78 Å². The van der Waals surface area contributed by atoms with Crippen LogP contribution in [0.2, 0.25) is 0 Å². The van der Waals surface area contributed by atoms with Crippen LogP contribution in [0.4, 0.5) is 0 Å². The van der Waals surface area contributed by atoms with E-state index in [4.69, 9.17) is 9.47 Å². The van der Waals surface area contributed by atoms with E-state index >= 15 is 0 Å². The number of Topliss-reactive ketones (excluding diaryl/α,β-unsaturated/α-hetero) is 1. The van der Waals surface area contributed by atoms with Gasteiger partial charge in [0.25, 0.3) is 0 Å². The third-order valence-electron chi connectivity index (χ3n) is 2.77. The predicted octanol–water partition coefficient (Wildman–Crippen LogP) is 2.16. The van der Waals surface area contributed by atoms with Crippen LogP contribution < -0.4 is 9.47 Å². The molecule has 0 bridgehead atoms. The minimum atomic E-state index is 0.163. The average molecular weight is 206 g/mol. The lowest BCUT2D eigenvalue weighted by Crippen LogP contribution is -2.00. The predicted molar refractivity (Wildman–Crippen MR) is 56.4 cm³/mol. The number of ketones is 1. The highest BCUT2D eigenvalue weighted by Gasteiger charge is 2.20. The highest BCUT2D eigenvalue weighted by molar-refractivity contribution is 5.79. The molecule has 1 aromatic carbocycles. The molecule has 3 nitrogen and oxygen atoms in total. The average Bonchev–Trinajstić information content (AvgIpc) is 2.61. The largest absolute Gasteiger partial charge is 0.454 e. The minimum absolute atomic E-state index is 0.163. The van der Waals surface area contributed by atoms with Crippen molar-refractivity contribution in [3.8, 4) is 11.5 Å². The Kier molecular flexibility index (Phi) is 2.39. The molecule has 1 heterocycles. The van der Waals surface area contributed by atoms with Gasteiger partial charge in [-0.15, -0.1) is 0 Å². The van der Waals surface area contributed by atoms with Crippen LogP contribution in [-0.2, 0) is 11.2 Å². The van der Waals surface area contributed by atoms with E-state index in [9.17, 15) is 4.79 Å². The summed E-state index contributed by atoms with van der Waals surface area (Å²) < 4.78 is 10.7. The lowest BCUT2D eigenvalue weighted by Gasteiger charge is -2.10. The van der Waals surface area contributed by atoms with Crippen molar-refractivity contribution in [2.24, 2.45) is 0 Å². The van der Waals surface area contributed by atoms with Crippen LogP contribution in [-0.4, -0.2) is 12.6 Å². The Labute approximate surface area is 89.0 Å². The first-order valence-electron chi connectivity index (χ1n) is 4.97. The molecule has 0 fully saturated rings. The van der Waals surface area contributed by atoms with Gasteiger partial charge in [-0.3, -0.25) is 4.79 Å². The fourth-order valence-electron chi connectivity index (χ4n) is 1.82. The van der Waals surface area contributed by atoms with Gasteiger partial charge in [0.15, 0.2) is 11.5 Å². The molecule has 0 aromatic heterocycles. The maximum atomic E-state index is 11.1. The summed E-state index contributed by atoms with van der Waals surface area (Å²) in [7, 11) is 0. The van der Waals surface area contributed by atoms with Gasteiger partial charge in [-0.25, -0.2) is 0 Å². The Hall–Kier alpha value is -1.51. The number of rotatable bonds is 2. The first-order chi connectivity index (χ1) is 7.09. The van der Waals surface area contributed by atoms with E-state index < -0.39 is 0 Å². The number of benzene rings is 1. The summed E-state index contributed by atoms with van der Waals surface area (Å²) in [5.74, 6) is 1.74. The second-order valence-electron chi connectivity index (χ2n) is 3.90. The Morgan fingerprint density at radius 2 is 2.07 bits per heavy atom. The molecule has 3 heteroatoms. The fraction of sp³-hybridized carbons (Fsp3) is 0.417. The molecule has 0 saturated carbocycles. The van der Waals surface area contributed by atoms with Gasteiger partial charge in [-0.05, 0) is 43.5 Å². The van der Waals surface area contributed by atoms with E-state index in [1.165, 1.54) is 0 Å². The first-order valence-corrected chi connectivity index (χ1v) is 4.97.